The summed E-state index contributed by atoms with van der Waals surface area (Å²) in [5, 5.41) is 2.04. The molecule has 0 unspecified atom stereocenters. The number of rotatable bonds is 5. The van der Waals surface area contributed by atoms with Crippen LogP contribution in [0.2, 0.25) is 13.1 Å². The van der Waals surface area contributed by atoms with Crippen LogP contribution >= 0.6 is 0 Å². The zero-order chi connectivity index (χ0) is 16.4. The summed E-state index contributed by atoms with van der Waals surface area (Å²) in [4.78, 5) is 0.372. The van der Waals surface area contributed by atoms with Crippen molar-refractivity contribution in [1.29, 1.82) is 0 Å². The predicted molar refractivity (Wildman–Crippen MR) is 95.9 cm³/mol. The van der Waals surface area contributed by atoms with Gasteiger partial charge in [-0.1, -0.05) is 71.5 Å². The average Bonchev–Trinajstić information content (AvgIpc) is 2.48. The third-order valence-electron chi connectivity index (χ3n) is 4.12. The van der Waals surface area contributed by atoms with Crippen LogP contribution in [-0.4, -0.2) is 22.2 Å². The molecule has 0 radical (unpaired) electrons. The van der Waals surface area contributed by atoms with Gasteiger partial charge in [0.2, 0.25) is 0 Å². The molecular formula is C18H22O2SSi. The summed E-state index contributed by atoms with van der Waals surface area (Å²) in [6.07, 6.45) is 0. The SMILES string of the molecule is C=C(CS(=O)(=O)c1ccc(C)cc1)[Si](C)(C)c1ccccc1. The normalized spacial score (nSPS) is 12.1. The Bertz CT molecular complexity index is 760. The van der Waals surface area contributed by atoms with Crippen LogP contribution in [0.4, 0.5) is 0 Å². The first-order valence-electron chi connectivity index (χ1n) is 7.27. The van der Waals surface area contributed by atoms with Crippen molar-refractivity contribution >= 4 is 23.1 Å². The van der Waals surface area contributed by atoms with Gasteiger partial charge in [-0.05, 0) is 19.1 Å². The minimum absolute atomic E-state index is 0.0180. The van der Waals surface area contributed by atoms with Gasteiger partial charge in [0.1, 0.15) is 8.07 Å². The number of aryl methyl sites for hydroxylation is 1. The standard InChI is InChI=1S/C18H22O2SSi/c1-15-10-12-17(13-11-15)21(19,20)14-16(2)22(3,4)18-8-6-5-7-9-18/h5-13H,2,14H2,1,3-4H3. The van der Waals surface area contributed by atoms with E-state index in [1.54, 1.807) is 12.1 Å². The monoisotopic (exact) mass is 330 g/mol. The Labute approximate surface area is 134 Å². The maximum Gasteiger partial charge on any atom is 0.181 e. The third kappa shape index (κ3) is 3.57. The van der Waals surface area contributed by atoms with Crippen LogP contribution in [0.15, 0.2) is 71.3 Å². The zero-order valence-electron chi connectivity index (χ0n) is 13.3. The molecule has 0 atom stereocenters. The first-order chi connectivity index (χ1) is 10.2. The van der Waals surface area contributed by atoms with Gasteiger partial charge in [0.25, 0.3) is 0 Å². The molecule has 0 aliphatic carbocycles. The van der Waals surface area contributed by atoms with Gasteiger partial charge < -0.3 is 0 Å². The molecule has 0 N–H and O–H groups in total. The quantitative estimate of drug-likeness (QED) is 0.787. The highest BCUT2D eigenvalue weighted by atomic mass is 32.2. The molecule has 0 aliphatic rings. The molecular weight excluding hydrogens is 308 g/mol. The largest absolute Gasteiger partial charge is 0.223 e. The van der Waals surface area contributed by atoms with Crippen molar-refractivity contribution in [2.45, 2.75) is 24.9 Å². The molecule has 0 spiro atoms. The first kappa shape index (κ1) is 16.7. The lowest BCUT2D eigenvalue weighted by atomic mass is 10.2. The van der Waals surface area contributed by atoms with E-state index in [1.807, 2.05) is 37.3 Å². The second-order valence-corrected chi connectivity index (χ2v) is 12.7. The molecule has 2 aromatic rings. The minimum atomic E-state index is -3.33. The number of hydrogen-bond donors (Lipinski definition) is 0. The van der Waals surface area contributed by atoms with Crippen LogP contribution in [0.5, 0.6) is 0 Å². The van der Waals surface area contributed by atoms with E-state index in [2.05, 4.69) is 31.8 Å². The number of sulfone groups is 1. The molecule has 0 amide bonds. The van der Waals surface area contributed by atoms with Crippen LogP contribution < -0.4 is 5.19 Å². The third-order valence-corrected chi connectivity index (χ3v) is 9.82. The molecule has 2 rings (SSSR count). The highest BCUT2D eigenvalue weighted by molar-refractivity contribution is 7.91. The molecule has 0 fully saturated rings. The number of benzene rings is 2. The van der Waals surface area contributed by atoms with E-state index in [0.717, 1.165) is 10.8 Å². The summed E-state index contributed by atoms with van der Waals surface area (Å²) in [5.41, 5.74) is 1.05. The Morgan fingerprint density at radius 1 is 1.00 bits per heavy atom. The van der Waals surface area contributed by atoms with Gasteiger partial charge in [-0.15, -0.1) is 6.58 Å². The van der Waals surface area contributed by atoms with Gasteiger partial charge >= 0.3 is 0 Å². The molecule has 0 bridgehead atoms. The van der Waals surface area contributed by atoms with E-state index in [0.29, 0.717) is 4.90 Å². The Morgan fingerprint density at radius 3 is 2.09 bits per heavy atom. The van der Waals surface area contributed by atoms with Crippen molar-refractivity contribution in [1.82, 2.24) is 0 Å². The van der Waals surface area contributed by atoms with Gasteiger partial charge in [0.05, 0.1) is 10.6 Å². The van der Waals surface area contributed by atoms with Crippen molar-refractivity contribution in [3.8, 4) is 0 Å². The molecule has 0 heterocycles. The van der Waals surface area contributed by atoms with Crippen LogP contribution in [0.1, 0.15) is 5.56 Å². The van der Waals surface area contributed by atoms with E-state index in [1.165, 1.54) is 5.19 Å². The molecule has 0 aliphatic heterocycles. The lowest BCUT2D eigenvalue weighted by molar-refractivity contribution is 0.598. The molecule has 116 valence electrons. The molecule has 0 aromatic heterocycles. The van der Waals surface area contributed by atoms with Crippen LogP contribution in [0.3, 0.4) is 0 Å². The Morgan fingerprint density at radius 2 is 1.55 bits per heavy atom. The van der Waals surface area contributed by atoms with Crippen LogP contribution in [0, 0.1) is 6.92 Å². The smallest absolute Gasteiger partial charge is 0.181 e. The first-order valence-corrected chi connectivity index (χ1v) is 11.9. The molecule has 2 nitrogen and oxygen atoms in total. The van der Waals surface area contributed by atoms with Gasteiger partial charge in [0, 0.05) is 0 Å². The van der Waals surface area contributed by atoms with Gasteiger partial charge in [-0.25, -0.2) is 8.42 Å². The summed E-state index contributed by atoms with van der Waals surface area (Å²) in [6.45, 7) is 10.4. The molecule has 2 aromatic carbocycles. The van der Waals surface area contributed by atoms with E-state index < -0.39 is 17.9 Å². The molecule has 0 saturated carbocycles. The predicted octanol–water partition coefficient (Wildman–Crippen LogP) is 3.48. The second-order valence-electron chi connectivity index (χ2n) is 6.17. The Hall–Kier alpha value is -1.65. The van der Waals surface area contributed by atoms with E-state index in [9.17, 15) is 8.42 Å². The summed E-state index contributed by atoms with van der Waals surface area (Å²) in [7, 11) is -5.34. The van der Waals surface area contributed by atoms with E-state index in [4.69, 9.17) is 0 Å². The van der Waals surface area contributed by atoms with Gasteiger partial charge in [-0.3, -0.25) is 0 Å². The van der Waals surface area contributed by atoms with Crippen LogP contribution in [0.25, 0.3) is 0 Å². The maximum atomic E-state index is 12.6. The van der Waals surface area contributed by atoms with E-state index >= 15 is 0 Å². The Balaban J connectivity index is 2.26. The highest BCUT2D eigenvalue weighted by Gasteiger charge is 2.30. The lowest BCUT2D eigenvalue weighted by Gasteiger charge is -2.25. The van der Waals surface area contributed by atoms with Crippen molar-refractivity contribution < 1.29 is 8.42 Å². The highest BCUT2D eigenvalue weighted by Crippen LogP contribution is 2.20. The summed E-state index contributed by atoms with van der Waals surface area (Å²) in [5.74, 6) is 0.0180. The van der Waals surface area contributed by atoms with Crippen molar-refractivity contribution in [2.24, 2.45) is 0 Å². The average molecular weight is 331 g/mol. The zero-order valence-corrected chi connectivity index (χ0v) is 15.2. The minimum Gasteiger partial charge on any atom is -0.223 e. The van der Waals surface area contributed by atoms with Crippen molar-refractivity contribution in [3.63, 3.8) is 0 Å². The topological polar surface area (TPSA) is 34.1 Å². The fraction of sp³-hybridized carbons (Fsp3) is 0.222. The summed E-state index contributed by atoms with van der Waals surface area (Å²) < 4.78 is 25.2. The molecule has 4 heteroatoms. The lowest BCUT2D eigenvalue weighted by Crippen LogP contribution is -2.45. The van der Waals surface area contributed by atoms with Crippen LogP contribution in [-0.2, 0) is 9.84 Å². The van der Waals surface area contributed by atoms with Crippen molar-refractivity contribution in [3.05, 3.63) is 71.9 Å². The molecule has 22 heavy (non-hydrogen) atoms. The van der Waals surface area contributed by atoms with Gasteiger partial charge in [0.15, 0.2) is 9.84 Å². The second kappa shape index (κ2) is 6.22. The summed E-state index contributed by atoms with van der Waals surface area (Å²) in [6, 6.07) is 17.1. The van der Waals surface area contributed by atoms with E-state index in [-0.39, 0.29) is 5.75 Å². The van der Waals surface area contributed by atoms with Crippen molar-refractivity contribution in [2.75, 3.05) is 5.75 Å². The van der Waals surface area contributed by atoms with Gasteiger partial charge in [-0.2, -0.15) is 0 Å². The Kier molecular flexibility index (Phi) is 4.73. The number of hydrogen-bond acceptors (Lipinski definition) is 2. The fourth-order valence-electron chi connectivity index (χ4n) is 2.30. The summed E-state index contributed by atoms with van der Waals surface area (Å²) >= 11 is 0. The fourth-order valence-corrected chi connectivity index (χ4v) is 6.92. The maximum absolute atomic E-state index is 12.6. The molecule has 0 saturated heterocycles.